The lowest BCUT2D eigenvalue weighted by molar-refractivity contribution is -0.114. The first kappa shape index (κ1) is 24.5. The number of carbonyl (C=O) groups excluding carboxylic acids is 1. The molecule has 0 aliphatic heterocycles. The van der Waals surface area contributed by atoms with Crippen LogP contribution in [0.15, 0.2) is 76.5 Å². The van der Waals surface area contributed by atoms with Crippen molar-refractivity contribution >= 4 is 39.1 Å². The Bertz CT molecular complexity index is 1240. The van der Waals surface area contributed by atoms with Crippen molar-refractivity contribution in [1.82, 2.24) is 0 Å². The van der Waals surface area contributed by atoms with Crippen LogP contribution < -0.4 is 14.4 Å². The highest BCUT2D eigenvalue weighted by molar-refractivity contribution is 7.98. The number of amides is 1. The molecule has 0 aliphatic rings. The van der Waals surface area contributed by atoms with Gasteiger partial charge in [0.05, 0.1) is 17.2 Å². The van der Waals surface area contributed by atoms with Gasteiger partial charge in [0.15, 0.2) is 11.6 Å². The van der Waals surface area contributed by atoms with Crippen molar-refractivity contribution in [2.75, 3.05) is 29.0 Å². The molecular weight excluding hydrogens is 470 g/mol. The average Bonchev–Trinajstić information content (AvgIpc) is 2.80. The lowest BCUT2D eigenvalue weighted by Crippen LogP contribution is -2.38. The highest BCUT2D eigenvalue weighted by Gasteiger charge is 2.29. The monoisotopic (exact) mass is 492 g/mol. The summed E-state index contributed by atoms with van der Waals surface area (Å²) in [5, 5.41) is 2.41. The molecule has 0 spiro atoms. The zero-order valence-electron chi connectivity index (χ0n) is 17.9. The molecular formula is C23H22F2N2O4S2. The van der Waals surface area contributed by atoms with Gasteiger partial charge in [0, 0.05) is 16.6 Å². The molecule has 0 aromatic heterocycles. The maximum Gasteiger partial charge on any atom is 0.264 e. The lowest BCUT2D eigenvalue weighted by atomic mass is 10.3. The summed E-state index contributed by atoms with van der Waals surface area (Å²) in [6, 6.07) is 15.6. The highest BCUT2D eigenvalue weighted by Crippen LogP contribution is 2.33. The van der Waals surface area contributed by atoms with E-state index < -0.39 is 34.1 Å². The molecule has 0 heterocycles. The van der Waals surface area contributed by atoms with Crippen LogP contribution in [0.25, 0.3) is 0 Å². The van der Waals surface area contributed by atoms with Crippen molar-refractivity contribution in [3.05, 3.63) is 78.4 Å². The fraction of sp³-hybridized carbons (Fsp3) is 0.174. The van der Waals surface area contributed by atoms with E-state index >= 15 is 0 Å². The summed E-state index contributed by atoms with van der Waals surface area (Å²) in [5.74, 6) is -2.65. The molecule has 0 saturated carbocycles. The molecule has 3 rings (SSSR count). The number of nitrogens with zero attached hydrogens (tertiary/aromatic N) is 1. The molecule has 0 aliphatic carbocycles. The molecule has 0 radical (unpaired) electrons. The SMILES string of the molecule is CCOc1ccccc1N(CC(=O)Nc1ccc(F)c(F)c1)S(=O)(=O)c1ccc(SC)cc1. The Labute approximate surface area is 195 Å². The maximum absolute atomic E-state index is 13.5. The Kier molecular flexibility index (Phi) is 7.93. The zero-order chi connectivity index (χ0) is 24.0. The van der Waals surface area contributed by atoms with E-state index in [9.17, 15) is 22.0 Å². The second kappa shape index (κ2) is 10.7. The van der Waals surface area contributed by atoms with Gasteiger partial charge in [-0.2, -0.15) is 0 Å². The molecule has 1 N–H and O–H groups in total. The first-order valence-corrected chi connectivity index (χ1v) is 12.6. The number of rotatable bonds is 9. The van der Waals surface area contributed by atoms with E-state index in [0.29, 0.717) is 0 Å². The van der Waals surface area contributed by atoms with E-state index in [2.05, 4.69) is 5.32 Å². The van der Waals surface area contributed by atoms with Crippen molar-refractivity contribution < 1.29 is 26.7 Å². The van der Waals surface area contributed by atoms with Crippen molar-refractivity contribution in [1.29, 1.82) is 0 Å². The third-order valence-corrected chi connectivity index (χ3v) is 7.09. The molecule has 0 atom stereocenters. The number of halogens is 2. The van der Waals surface area contributed by atoms with E-state index in [-0.39, 0.29) is 28.6 Å². The van der Waals surface area contributed by atoms with Gasteiger partial charge in [0.2, 0.25) is 5.91 Å². The van der Waals surface area contributed by atoms with Crippen molar-refractivity contribution in [2.24, 2.45) is 0 Å². The fourth-order valence-corrected chi connectivity index (χ4v) is 4.86. The topological polar surface area (TPSA) is 75.7 Å². The number of anilines is 2. The summed E-state index contributed by atoms with van der Waals surface area (Å²) >= 11 is 1.47. The largest absolute Gasteiger partial charge is 0.492 e. The predicted octanol–water partition coefficient (Wildman–Crippen LogP) is 4.92. The van der Waals surface area contributed by atoms with Crippen LogP contribution in [0.1, 0.15) is 6.92 Å². The molecule has 0 fully saturated rings. The fourth-order valence-electron chi connectivity index (χ4n) is 3.02. The first-order valence-electron chi connectivity index (χ1n) is 9.89. The second-order valence-corrected chi connectivity index (χ2v) is 9.51. The molecule has 1 amide bonds. The number of thioether (sulfide) groups is 1. The Morgan fingerprint density at radius 3 is 2.36 bits per heavy atom. The standard InChI is InChI=1S/C23H22F2N2O4S2/c1-3-31-22-7-5-4-6-21(22)27(33(29,30)18-11-9-17(32-2)10-12-18)15-23(28)26-16-8-13-19(24)20(25)14-16/h4-14H,3,15H2,1-2H3,(H,26,28). The molecule has 6 nitrogen and oxygen atoms in total. The molecule has 3 aromatic carbocycles. The van der Waals surface area contributed by atoms with Gasteiger partial charge in [-0.3, -0.25) is 9.10 Å². The quantitative estimate of drug-likeness (QED) is 0.429. The highest BCUT2D eigenvalue weighted by atomic mass is 32.2. The van der Waals surface area contributed by atoms with Crippen LogP contribution >= 0.6 is 11.8 Å². The van der Waals surface area contributed by atoms with Crippen LogP contribution in [-0.4, -0.2) is 33.7 Å². The van der Waals surface area contributed by atoms with Crippen LogP contribution in [-0.2, 0) is 14.8 Å². The summed E-state index contributed by atoms with van der Waals surface area (Å²) in [4.78, 5) is 13.6. The van der Waals surface area contributed by atoms with Gasteiger partial charge in [0.1, 0.15) is 12.3 Å². The Morgan fingerprint density at radius 2 is 1.73 bits per heavy atom. The zero-order valence-corrected chi connectivity index (χ0v) is 19.6. The van der Waals surface area contributed by atoms with Crippen molar-refractivity contribution in [3.8, 4) is 5.75 Å². The lowest BCUT2D eigenvalue weighted by Gasteiger charge is -2.26. The molecule has 10 heteroatoms. The number of para-hydroxylation sites is 2. The number of hydrogen-bond acceptors (Lipinski definition) is 5. The average molecular weight is 493 g/mol. The normalized spacial score (nSPS) is 11.2. The number of nitrogens with one attached hydrogen (secondary N) is 1. The predicted molar refractivity (Wildman–Crippen MR) is 125 cm³/mol. The summed E-state index contributed by atoms with van der Waals surface area (Å²) in [6.07, 6.45) is 1.87. The summed E-state index contributed by atoms with van der Waals surface area (Å²) in [7, 11) is -4.17. The third kappa shape index (κ3) is 5.82. The van der Waals surface area contributed by atoms with Gasteiger partial charge in [0.25, 0.3) is 10.0 Å². The molecule has 174 valence electrons. The van der Waals surface area contributed by atoms with Crippen molar-refractivity contribution in [3.63, 3.8) is 0 Å². The van der Waals surface area contributed by atoms with Gasteiger partial charge in [-0.05, 0) is 61.7 Å². The van der Waals surface area contributed by atoms with Crippen LogP contribution in [0.5, 0.6) is 5.75 Å². The van der Waals surface area contributed by atoms with E-state index in [1.54, 1.807) is 37.3 Å². The molecule has 0 bridgehead atoms. The van der Waals surface area contributed by atoms with Gasteiger partial charge < -0.3 is 10.1 Å². The minimum absolute atomic E-state index is 0.00124. The van der Waals surface area contributed by atoms with Gasteiger partial charge in [-0.15, -0.1) is 11.8 Å². The van der Waals surface area contributed by atoms with E-state index in [0.717, 1.165) is 21.3 Å². The summed E-state index contributed by atoms with van der Waals surface area (Å²) in [6.45, 7) is 1.43. The minimum Gasteiger partial charge on any atom is -0.492 e. The number of benzene rings is 3. The minimum atomic E-state index is -4.17. The summed E-state index contributed by atoms with van der Waals surface area (Å²) in [5.41, 5.74) is 0.174. The maximum atomic E-state index is 13.5. The smallest absolute Gasteiger partial charge is 0.264 e. The van der Waals surface area contributed by atoms with Crippen LogP contribution in [0.2, 0.25) is 0 Å². The summed E-state index contributed by atoms with van der Waals surface area (Å²) < 4.78 is 60.3. The number of carbonyl (C=O) groups is 1. The van der Waals surface area contributed by atoms with Gasteiger partial charge in [-0.1, -0.05) is 12.1 Å². The molecule has 0 saturated heterocycles. The number of sulfonamides is 1. The molecule has 33 heavy (non-hydrogen) atoms. The van der Waals surface area contributed by atoms with E-state index in [4.69, 9.17) is 4.74 Å². The number of hydrogen-bond donors (Lipinski definition) is 1. The number of ether oxygens (including phenoxy) is 1. The Morgan fingerprint density at radius 1 is 1.03 bits per heavy atom. The molecule has 3 aromatic rings. The van der Waals surface area contributed by atoms with Gasteiger partial charge >= 0.3 is 0 Å². The van der Waals surface area contributed by atoms with E-state index in [1.165, 1.54) is 36.0 Å². The first-order chi connectivity index (χ1) is 15.8. The van der Waals surface area contributed by atoms with Crippen molar-refractivity contribution in [2.45, 2.75) is 16.7 Å². The molecule has 0 unspecified atom stereocenters. The van der Waals surface area contributed by atoms with Crippen LogP contribution in [0.4, 0.5) is 20.2 Å². The second-order valence-electron chi connectivity index (χ2n) is 6.77. The van der Waals surface area contributed by atoms with Gasteiger partial charge in [-0.25, -0.2) is 17.2 Å². The Balaban J connectivity index is 1.99. The Hall–Kier alpha value is -3.11. The third-order valence-electron chi connectivity index (χ3n) is 4.57. The van der Waals surface area contributed by atoms with E-state index in [1.807, 2.05) is 6.26 Å². The van der Waals surface area contributed by atoms with Crippen LogP contribution in [0, 0.1) is 11.6 Å². The van der Waals surface area contributed by atoms with Crippen LogP contribution in [0.3, 0.4) is 0 Å².